The Bertz CT molecular complexity index is 1000. The number of ether oxygens (including phenoxy) is 1. The molecule has 2 aromatic rings. The third kappa shape index (κ3) is 6.18. The van der Waals surface area contributed by atoms with Crippen molar-refractivity contribution in [3.8, 4) is 0 Å². The summed E-state index contributed by atoms with van der Waals surface area (Å²) < 4.78 is 18.5. The molecule has 6 heteroatoms. The molecule has 4 rings (SSSR count). The van der Waals surface area contributed by atoms with E-state index >= 15 is 0 Å². The van der Waals surface area contributed by atoms with Crippen LogP contribution in [0.25, 0.3) is 0 Å². The molecule has 2 saturated carbocycles. The minimum atomic E-state index is -0.568. The zero-order valence-corrected chi connectivity index (χ0v) is 19.7. The Morgan fingerprint density at radius 1 is 0.970 bits per heavy atom. The Kier molecular flexibility index (Phi) is 6.82. The number of carbonyl (C=O) groups excluding carboxylic acids is 2. The highest BCUT2D eigenvalue weighted by molar-refractivity contribution is 5.97. The number of nitrogens with zero attached hydrogens (tertiary/aromatic N) is 1. The fourth-order valence-corrected chi connectivity index (χ4v) is 4.62. The van der Waals surface area contributed by atoms with E-state index in [4.69, 9.17) is 9.72 Å². The summed E-state index contributed by atoms with van der Waals surface area (Å²) in [5, 5.41) is 2.73. The lowest BCUT2D eigenvalue weighted by atomic mass is 9.76. The molecule has 1 aromatic carbocycles. The third-order valence-electron chi connectivity index (χ3n) is 6.49. The molecular weight excluding hydrogens is 419 g/mol. The van der Waals surface area contributed by atoms with Gasteiger partial charge in [-0.3, -0.25) is 4.79 Å². The van der Waals surface area contributed by atoms with Crippen LogP contribution in [0.15, 0.2) is 36.4 Å². The minimum Gasteiger partial charge on any atom is -0.444 e. The summed E-state index contributed by atoms with van der Waals surface area (Å²) in [6, 6.07) is 10.6. The molecule has 0 aliphatic heterocycles. The van der Waals surface area contributed by atoms with Crippen LogP contribution in [0.3, 0.4) is 0 Å². The van der Waals surface area contributed by atoms with Gasteiger partial charge in [0.25, 0.3) is 0 Å². The van der Waals surface area contributed by atoms with E-state index in [1.54, 1.807) is 0 Å². The maximum atomic E-state index is 13.5. The second-order valence-electron chi connectivity index (χ2n) is 10.3. The fraction of sp³-hybridized carbons (Fsp3) is 0.519. The van der Waals surface area contributed by atoms with E-state index < -0.39 is 11.7 Å². The third-order valence-corrected chi connectivity index (χ3v) is 6.49. The highest BCUT2D eigenvalue weighted by atomic mass is 19.1. The van der Waals surface area contributed by atoms with Crippen molar-refractivity contribution in [3.05, 3.63) is 64.7 Å². The van der Waals surface area contributed by atoms with Crippen molar-refractivity contribution < 1.29 is 18.7 Å². The molecule has 1 aromatic heterocycles. The molecule has 33 heavy (non-hydrogen) atoms. The minimum absolute atomic E-state index is 0.0410. The summed E-state index contributed by atoms with van der Waals surface area (Å²) in [6.45, 7) is 5.67. The van der Waals surface area contributed by atoms with E-state index in [1.807, 2.05) is 45.0 Å². The normalized spacial score (nSPS) is 20.8. The van der Waals surface area contributed by atoms with E-state index in [1.165, 1.54) is 12.1 Å². The zero-order chi connectivity index (χ0) is 23.6. The number of nitrogens with one attached hydrogen (secondary N) is 1. The first-order valence-corrected chi connectivity index (χ1v) is 12.0. The van der Waals surface area contributed by atoms with Crippen LogP contribution in [0.1, 0.15) is 98.4 Å². The highest BCUT2D eigenvalue weighted by Gasteiger charge is 2.34. The Labute approximate surface area is 195 Å². The SMILES string of the molecule is CC(C)(C)OC(=O)NCc1ccc(C2CC2)c(C(=O)C2CCC(c3ccc(F)cc3)CC2)n1. The molecule has 176 valence electrons. The maximum absolute atomic E-state index is 13.5. The summed E-state index contributed by atoms with van der Waals surface area (Å²) in [5.74, 6) is 0.645. The number of rotatable bonds is 6. The number of alkyl carbamates (subject to hydrolysis) is 1. The standard InChI is InChI=1S/C27H33FN2O3/c1-27(2,3)33-26(32)29-16-22-14-15-23(19-6-7-19)24(30-22)25(31)20-8-4-17(5-9-20)18-10-12-21(28)13-11-18/h10-15,17,19-20H,4-9,16H2,1-3H3,(H,29,32). The van der Waals surface area contributed by atoms with Crippen molar-refractivity contribution in [1.82, 2.24) is 10.3 Å². The molecule has 1 N–H and O–H groups in total. The largest absolute Gasteiger partial charge is 0.444 e. The zero-order valence-electron chi connectivity index (χ0n) is 19.7. The van der Waals surface area contributed by atoms with E-state index in [-0.39, 0.29) is 24.1 Å². The van der Waals surface area contributed by atoms with Crippen LogP contribution in [-0.4, -0.2) is 22.5 Å². The number of Topliss-reactive ketones (excluding diaryl/α,β-unsaturated/α-hetero) is 1. The predicted molar refractivity (Wildman–Crippen MR) is 125 cm³/mol. The lowest BCUT2D eigenvalue weighted by molar-refractivity contribution is 0.0523. The topological polar surface area (TPSA) is 68.3 Å². The highest BCUT2D eigenvalue weighted by Crippen LogP contribution is 2.43. The van der Waals surface area contributed by atoms with Gasteiger partial charge < -0.3 is 10.1 Å². The van der Waals surface area contributed by atoms with Crippen molar-refractivity contribution in [1.29, 1.82) is 0 Å². The molecule has 2 aliphatic rings. The van der Waals surface area contributed by atoms with Crippen LogP contribution >= 0.6 is 0 Å². The Morgan fingerprint density at radius 3 is 2.21 bits per heavy atom. The van der Waals surface area contributed by atoms with Crippen LogP contribution < -0.4 is 5.32 Å². The number of aromatic nitrogens is 1. The second-order valence-corrected chi connectivity index (χ2v) is 10.3. The number of ketones is 1. The van der Waals surface area contributed by atoms with Gasteiger partial charge in [-0.15, -0.1) is 0 Å². The van der Waals surface area contributed by atoms with Gasteiger partial charge in [0.05, 0.1) is 12.2 Å². The number of pyridine rings is 1. The van der Waals surface area contributed by atoms with Crippen molar-refractivity contribution >= 4 is 11.9 Å². The molecule has 1 amide bonds. The summed E-state index contributed by atoms with van der Waals surface area (Å²) in [5.41, 5.74) is 2.86. The molecule has 0 saturated heterocycles. The lowest BCUT2D eigenvalue weighted by Crippen LogP contribution is -2.32. The van der Waals surface area contributed by atoms with E-state index in [0.29, 0.717) is 23.2 Å². The monoisotopic (exact) mass is 452 g/mol. The van der Waals surface area contributed by atoms with E-state index in [2.05, 4.69) is 5.32 Å². The Hall–Kier alpha value is -2.76. The molecule has 0 unspecified atom stereocenters. The van der Waals surface area contributed by atoms with Crippen LogP contribution in [0.4, 0.5) is 9.18 Å². The summed E-state index contributed by atoms with van der Waals surface area (Å²) >= 11 is 0. The molecule has 0 spiro atoms. The van der Waals surface area contributed by atoms with E-state index in [0.717, 1.165) is 49.7 Å². The fourth-order valence-electron chi connectivity index (χ4n) is 4.62. The smallest absolute Gasteiger partial charge is 0.407 e. The number of halogens is 1. The van der Waals surface area contributed by atoms with Crippen molar-refractivity contribution in [2.45, 2.75) is 83.3 Å². The number of hydrogen-bond donors (Lipinski definition) is 1. The molecule has 5 nitrogen and oxygen atoms in total. The molecular formula is C27H33FN2O3. The molecule has 1 heterocycles. The number of amides is 1. The quantitative estimate of drug-likeness (QED) is 0.524. The molecule has 2 fully saturated rings. The van der Waals surface area contributed by atoms with Crippen LogP contribution in [0.5, 0.6) is 0 Å². The van der Waals surface area contributed by atoms with Crippen LogP contribution in [0.2, 0.25) is 0 Å². The first-order valence-electron chi connectivity index (χ1n) is 12.0. The first-order chi connectivity index (χ1) is 15.7. The molecule has 0 atom stereocenters. The molecule has 0 radical (unpaired) electrons. The maximum Gasteiger partial charge on any atom is 0.407 e. The Balaban J connectivity index is 1.42. The first kappa shape index (κ1) is 23.4. The van der Waals surface area contributed by atoms with Gasteiger partial charge in [0.2, 0.25) is 0 Å². The average Bonchev–Trinajstić information content (AvgIpc) is 3.62. The average molecular weight is 453 g/mol. The van der Waals surface area contributed by atoms with Gasteiger partial charge in [-0.25, -0.2) is 14.2 Å². The predicted octanol–water partition coefficient (Wildman–Crippen LogP) is 6.28. The van der Waals surface area contributed by atoms with E-state index in [9.17, 15) is 14.0 Å². The van der Waals surface area contributed by atoms with Crippen LogP contribution in [-0.2, 0) is 11.3 Å². The van der Waals surface area contributed by atoms with Gasteiger partial charge in [0, 0.05) is 5.92 Å². The number of carbonyl (C=O) groups is 2. The number of benzene rings is 1. The van der Waals surface area contributed by atoms with Gasteiger partial charge >= 0.3 is 6.09 Å². The van der Waals surface area contributed by atoms with Crippen LogP contribution in [0, 0.1) is 11.7 Å². The van der Waals surface area contributed by atoms with Gasteiger partial charge in [-0.1, -0.05) is 18.2 Å². The molecule has 2 aliphatic carbocycles. The van der Waals surface area contributed by atoms with Gasteiger partial charge in [-0.2, -0.15) is 0 Å². The van der Waals surface area contributed by atoms with Crippen molar-refractivity contribution in [2.24, 2.45) is 5.92 Å². The van der Waals surface area contributed by atoms with Crippen molar-refractivity contribution in [2.75, 3.05) is 0 Å². The summed E-state index contributed by atoms with van der Waals surface area (Å²) in [4.78, 5) is 30.2. The second kappa shape index (κ2) is 9.62. The van der Waals surface area contributed by atoms with Gasteiger partial charge in [-0.05, 0) is 100 Å². The van der Waals surface area contributed by atoms with Gasteiger partial charge in [0.15, 0.2) is 5.78 Å². The Morgan fingerprint density at radius 2 is 1.61 bits per heavy atom. The summed E-state index contributed by atoms with van der Waals surface area (Å²) in [6.07, 6.45) is 5.15. The number of hydrogen-bond acceptors (Lipinski definition) is 4. The van der Waals surface area contributed by atoms with Gasteiger partial charge in [0.1, 0.15) is 17.1 Å². The van der Waals surface area contributed by atoms with Crippen molar-refractivity contribution in [3.63, 3.8) is 0 Å². The molecule has 0 bridgehead atoms. The summed E-state index contributed by atoms with van der Waals surface area (Å²) in [7, 11) is 0. The lowest BCUT2D eigenvalue weighted by Gasteiger charge is -2.28.